The molecule has 2 unspecified atom stereocenters. The SMILES string of the molecule is CCCC(=O)N1CCCCC1C(=O)N(C)C1CCNC1.Cl. The fourth-order valence-electron chi connectivity index (χ4n) is 3.23. The van der Waals surface area contributed by atoms with Crippen LogP contribution in [0.25, 0.3) is 0 Å². The summed E-state index contributed by atoms with van der Waals surface area (Å²) >= 11 is 0. The van der Waals surface area contributed by atoms with Gasteiger partial charge in [0.05, 0.1) is 0 Å². The van der Waals surface area contributed by atoms with Crippen LogP contribution in [0, 0.1) is 0 Å². The number of piperidine rings is 1. The van der Waals surface area contributed by atoms with Crippen LogP contribution in [0.1, 0.15) is 45.4 Å². The van der Waals surface area contributed by atoms with E-state index < -0.39 is 0 Å². The Kier molecular flexibility index (Phi) is 7.46. The van der Waals surface area contributed by atoms with E-state index in [0.717, 1.165) is 51.7 Å². The summed E-state index contributed by atoms with van der Waals surface area (Å²) in [6.07, 6.45) is 5.30. The molecule has 0 spiro atoms. The molecular weight excluding hydrogens is 290 g/mol. The quantitative estimate of drug-likeness (QED) is 0.853. The summed E-state index contributed by atoms with van der Waals surface area (Å²) in [5, 5.41) is 3.29. The fourth-order valence-corrected chi connectivity index (χ4v) is 3.23. The maximum atomic E-state index is 12.7. The molecule has 2 heterocycles. The zero-order valence-electron chi connectivity index (χ0n) is 13.1. The highest BCUT2D eigenvalue weighted by Crippen LogP contribution is 2.21. The lowest BCUT2D eigenvalue weighted by molar-refractivity contribution is -0.148. The third kappa shape index (κ3) is 4.33. The first-order valence-electron chi connectivity index (χ1n) is 7.92. The summed E-state index contributed by atoms with van der Waals surface area (Å²) in [4.78, 5) is 28.6. The van der Waals surface area contributed by atoms with E-state index in [1.165, 1.54) is 0 Å². The minimum absolute atomic E-state index is 0. The van der Waals surface area contributed by atoms with Crippen molar-refractivity contribution in [3.63, 3.8) is 0 Å². The summed E-state index contributed by atoms with van der Waals surface area (Å²) in [5.41, 5.74) is 0. The summed E-state index contributed by atoms with van der Waals surface area (Å²) < 4.78 is 0. The van der Waals surface area contributed by atoms with Gasteiger partial charge in [-0.05, 0) is 38.6 Å². The van der Waals surface area contributed by atoms with Crippen LogP contribution in [0.2, 0.25) is 0 Å². The Labute approximate surface area is 133 Å². The van der Waals surface area contributed by atoms with Crippen molar-refractivity contribution in [3.8, 4) is 0 Å². The lowest BCUT2D eigenvalue weighted by atomic mass is 9.99. The molecule has 2 aliphatic heterocycles. The predicted octanol–water partition coefficient (Wildman–Crippen LogP) is 1.41. The molecule has 2 fully saturated rings. The van der Waals surface area contributed by atoms with Crippen molar-refractivity contribution >= 4 is 24.2 Å². The highest BCUT2D eigenvalue weighted by molar-refractivity contribution is 5.88. The Balaban J connectivity index is 0.00000220. The second-order valence-corrected chi connectivity index (χ2v) is 5.94. The number of amides is 2. The Bertz CT molecular complexity index is 359. The first-order chi connectivity index (χ1) is 9.65. The number of halogens is 1. The van der Waals surface area contributed by atoms with E-state index in [0.29, 0.717) is 6.42 Å². The van der Waals surface area contributed by atoms with Crippen LogP contribution in [0.5, 0.6) is 0 Å². The van der Waals surface area contributed by atoms with Gasteiger partial charge >= 0.3 is 0 Å². The molecule has 0 aromatic carbocycles. The fraction of sp³-hybridized carbons (Fsp3) is 0.867. The smallest absolute Gasteiger partial charge is 0.245 e. The van der Waals surface area contributed by atoms with Gasteiger partial charge in [-0.3, -0.25) is 9.59 Å². The van der Waals surface area contributed by atoms with Crippen molar-refractivity contribution in [2.75, 3.05) is 26.7 Å². The van der Waals surface area contributed by atoms with Gasteiger partial charge in [0.25, 0.3) is 0 Å². The van der Waals surface area contributed by atoms with Crippen LogP contribution >= 0.6 is 12.4 Å². The zero-order valence-corrected chi connectivity index (χ0v) is 14.0. The first kappa shape index (κ1) is 18.2. The van der Waals surface area contributed by atoms with Crippen LogP contribution in [0.3, 0.4) is 0 Å². The normalized spacial score (nSPS) is 25.3. The molecule has 1 N–H and O–H groups in total. The maximum absolute atomic E-state index is 12.7. The molecule has 0 aliphatic carbocycles. The molecule has 2 saturated heterocycles. The molecule has 0 saturated carbocycles. The molecule has 21 heavy (non-hydrogen) atoms. The third-order valence-corrected chi connectivity index (χ3v) is 4.50. The predicted molar refractivity (Wildman–Crippen MR) is 85.6 cm³/mol. The molecule has 0 bridgehead atoms. The molecule has 2 atom stereocenters. The van der Waals surface area contributed by atoms with Crippen molar-refractivity contribution in [1.29, 1.82) is 0 Å². The van der Waals surface area contributed by atoms with E-state index in [2.05, 4.69) is 5.32 Å². The Hall–Kier alpha value is -0.810. The van der Waals surface area contributed by atoms with E-state index in [1.807, 2.05) is 23.8 Å². The number of nitrogens with one attached hydrogen (secondary N) is 1. The van der Waals surface area contributed by atoms with Crippen molar-refractivity contribution in [2.45, 2.75) is 57.5 Å². The van der Waals surface area contributed by atoms with Crippen molar-refractivity contribution in [2.24, 2.45) is 0 Å². The van der Waals surface area contributed by atoms with Gasteiger partial charge in [-0.25, -0.2) is 0 Å². The highest BCUT2D eigenvalue weighted by Gasteiger charge is 2.35. The van der Waals surface area contributed by atoms with Crippen LogP contribution in [0.4, 0.5) is 0 Å². The Morgan fingerprint density at radius 3 is 2.67 bits per heavy atom. The molecule has 2 rings (SSSR count). The maximum Gasteiger partial charge on any atom is 0.245 e. The zero-order chi connectivity index (χ0) is 14.5. The van der Waals surface area contributed by atoms with E-state index in [4.69, 9.17) is 0 Å². The molecule has 5 nitrogen and oxygen atoms in total. The van der Waals surface area contributed by atoms with Gasteiger partial charge in [0.2, 0.25) is 11.8 Å². The van der Waals surface area contributed by atoms with Crippen LogP contribution in [-0.2, 0) is 9.59 Å². The van der Waals surface area contributed by atoms with Crippen molar-refractivity contribution in [1.82, 2.24) is 15.1 Å². The number of nitrogens with zero attached hydrogens (tertiary/aromatic N) is 2. The molecule has 122 valence electrons. The van der Waals surface area contributed by atoms with Gasteiger partial charge in [-0.1, -0.05) is 6.92 Å². The van der Waals surface area contributed by atoms with E-state index in [1.54, 1.807) is 0 Å². The molecule has 0 aromatic rings. The molecule has 0 aromatic heterocycles. The van der Waals surface area contributed by atoms with Gasteiger partial charge in [0, 0.05) is 32.6 Å². The standard InChI is InChI=1S/C15H27N3O2.ClH/c1-3-6-14(19)18-10-5-4-7-13(18)15(20)17(2)12-8-9-16-11-12;/h12-13,16H,3-11H2,1-2H3;1H. The lowest BCUT2D eigenvalue weighted by Gasteiger charge is -2.38. The van der Waals surface area contributed by atoms with Crippen LogP contribution < -0.4 is 5.32 Å². The number of carbonyl (C=O) groups is 2. The summed E-state index contributed by atoms with van der Waals surface area (Å²) in [6.45, 7) is 4.60. The van der Waals surface area contributed by atoms with Gasteiger partial charge in [0.15, 0.2) is 0 Å². The second-order valence-electron chi connectivity index (χ2n) is 5.94. The summed E-state index contributed by atoms with van der Waals surface area (Å²) in [6, 6.07) is 0.0564. The minimum atomic E-state index is -0.228. The van der Waals surface area contributed by atoms with Gasteiger partial charge in [-0.15, -0.1) is 12.4 Å². The average Bonchev–Trinajstić information content (AvgIpc) is 3.00. The second kappa shape index (κ2) is 8.59. The average molecular weight is 318 g/mol. The number of likely N-dealkylation sites (N-methyl/N-ethyl adjacent to an activating group) is 1. The number of hydrogen-bond acceptors (Lipinski definition) is 3. The van der Waals surface area contributed by atoms with Gasteiger partial charge in [-0.2, -0.15) is 0 Å². The molecule has 2 amide bonds. The van der Waals surface area contributed by atoms with E-state index in [9.17, 15) is 9.59 Å². The number of carbonyl (C=O) groups excluding carboxylic acids is 2. The Morgan fingerprint density at radius 2 is 2.05 bits per heavy atom. The van der Waals surface area contributed by atoms with Crippen molar-refractivity contribution in [3.05, 3.63) is 0 Å². The molecular formula is C15H28ClN3O2. The number of hydrogen-bond donors (Lipinski definition) is 1. The molecule has 0 radical (unpaired) electrons. The molecule has 6 heteroatoms. The first-order valence-corrected chi connectivity index (χ1v) is 7.92. The summed E-state index contributed by atoms with van der Waals surface area (Å²) in [7, 11) is 1.89. The number of likely N-dealkylation sites (tertiary alicyclic amines) is 1. The van der Waals surface area contributed by atoms with Crippen molar-refractivity contribution < 1.29 is 9.59 Å². The summed E-state index contributed by atoms with van der Waals surface area (Å²) in [5.74, 6) is 0.270. The van der Waals surface area contributed by atoms with Gasteiger partial charge < -0.3 is 15.1 Å². The largest absolute Gasteiger partial charge is 0.340 e. The highest BCUT2D eigenvalue weighted by atomic mass is 35.5. The van der Waals surface area contributed by atoms with E-state index in [-0.39, 0.29) is 36.3 Å². The topological polar surface area (TPSA) is 52.7 Å². The van der Waals surface area contributed by atoms with E-state index >= 15 is 0 Å². The minimum Gasteiger partial charge on any atom is -0.340 e. The lowest BCUT2D eigenvalue weighted by Crippen LogP contribution is -2.54. The Morgan fingerprint density at radius 1 is 1.29 bits per heavy atom. The third-order valence-electron chi connectivity index (χ3n) is 4.50. The number of rotatable bonds is 4. The molecule has 2 aliphatic rings. The van der Waals surface area contributed by atoms with Gasteiger partial charge in [0.1, 0.15) is 6.04 Å². The van der Waals surface area contributed by atoms with Crippen LogP contribution in [0.15, 0.2) is 0 Å². The monoisotopic (exact) mass is 317 g/mol. The van der Waals surface area contributed by atoms with Crippen LogP contribution in [-0.4, -0.2) is 60.4 Å².